The molecule has 0 unspecified atom stereocenters. The van der Waals surface area contributed by atoms with Gasteiger partial charge in [0.1, 0.15) is 48.8 Å². The van der Waals surface area contributed by atoms with Gasteiger partial charge in [0.15, 0.2) is 11.6 Å². The van der Waals surface area contributed by atoms with Gasteiger partial charge in [-0.05, 0) is 47.2 Å². The van der Waals surface area contributed by atoms with Crippen molar-refractivity contribution in [1.29, 1.82) is 0 Å². The molecule has 7 rings (SSSR count). The number of ether oxygens (including phenoxy) is 4. The molecular formula is C32H48O10Si2. The zero-order chi connectivity index (χ0) is 31.9. The van der Waals surface area contributed by atoms with E-state index < -0.39 is 77.8 Å². The molecule has 244 valence electrons. The molecule has 0 amide bonds. The van der Waals surface area contributed by atoms with Crippen molar-refractivity contribution in [1.82, 2.24) is 0 Å². The first-order valence-electron chi connectivity index (χ1n) is 16.5. The van der Waals surface area contributed by atoms with E-state index in [0.717, 1.165) is 0 Å². The summed E-state index contributed by atoms with van der Waals surface area (Å²) in [6, 6.07) is 0. The molecule has 4 bridgehead atoms. The van der Waals surface area contributed by atoms with Crippen LogP contribution in [0.1, 0.15) is 69.2 Å². The Bertz CT molecular complexity index is 1220. The van der Waals surface area contributed by atoms with Gasteiger partial charge in [-0.25, -0.2) is 0 Å². The Hall–Kier alpha value is -1.07. The summed E-state index contributed by atoms with van der Waals surface area (Å²) < 4.78 is 39.2. The summed E-state index contributed by atoms with van der Waals surface area (Å²) in [5, 5.41) is 0. The molecule has 0 aromatic carbocycles. The van der Waals surface area contributed by atoms with E-state index in [1.54, 1.807) is 0 Å². The molecule has 12 atom stereocenters. The molecule has 3 aliphatic carbocycles. The van der Waals surface area contributed by atoms with E-state index in [9.17, 15) is 19.2 Å². The minimum absolute atomic E-state index is 0.0748. The van der Waals surface area contributed by atoms with Gasteiger partial charge in [0.05, 0.1) is 12.2 Å². The highest BCUT2D eigenvalue weighted by molar-refractivity contribution is 6.69. The van der Waals surface area contributed by atoms with Crippen LogP contribution in [0.3, 0.4) is 0 Å². The zero-order valence-electron chi connectivity index (χ0n) is 27.4. The molecule has 7 aliphatic rings. The molecule has 0 saturated carbocycles. The summed E-state index contributed by atoms with van der Waals surface area (Å²) in [4.78, 5) is 52.1. The third-order valence-electron chi connectivity index (χ3n) is 11.5. The van der Waals surface area contributed by atoms with Crippen molar-refractivity contribution < 1.29 is 47.0 Å². The number of fused-ring (bicyclic) bond motifs is 4. The summed E-state index contributed by atoms with van der Waals surface area (Å²) >= 11 is 0. The zero-order valence-corrected chi connectivity index (χ0v) is 29.4. The van der Waals surface area contributed by atoms with E-state index in [1.165, 1.54) is 0 Å². The van der Waals surface area contributed by atoms with Crippen LogP contribution in [0.25, 0.3) is 0 Å². The van der Waals surface area contributed by atoms with Crippen LogP contribution in [0, 0.1) is 11.8 Å². The average Bonchev–Trinajstić information content (AvgIpc) is 3.85. The van der Waals surface area contributed by atoms with Crippen molar-refractivity contribution in [2.24, 2.45) is 11.8 Å². The van der Waals surface area contributed by atoms with Gasteiger partial charge in [0.25, 0.3) is 0 Å². The Morgan fingerprint density at radius 2 is 0.886 bits per heavy atom. The summed E-state index contributed by atoms with van der Waals surface area (Å²) in [5.41, 5.74) is 2.23. The van der Waals surface area contributed by atoms with Crippen molar-refractivity contribution in [3.8, 4) is 0 Å². The number of epoxide rings is 2. The molecule has 0 spiro atoms. The maximum Gasteiger partial charge on any atom is 0.341 e. The van der Waals surface area contributed by atoms with Gasteiger partial charge in [0.2, 0.25) is 0 Å². The van der Waals surface area contributed by atoms with Gasteiger partial charge >= 0.3 is 17.1 Å². The van der Waals surface area contributed by atoms with Crippen molar-refractivity contribution in [3.05, 3.63) is 22.3 Å². The van der Waals surface area contributed by atoms with Crippen molar-refractivity contribution in [2.75, 3.05) is 0 Å². The highest BCUT2D eigenvalue weighted by atomic mass is 28.4. The van der Waals surface area contributed by atoms with Gasteiger partial charge in [-0.2, -0.15) is 0 Å². The van der Waals surface area contributed by atoms with Gasteiger partial charge in [-0.15, -0.1) is 0 Å². The van der Waals surface area contributed by atoms with E-state index in [-0.39, 0.29) is 45.9 Å². The molecule has 2 saturated heterocycles. The highest BCUT2D eigenvalue weighted by Crippen LogP contribution is 2.59. The standard InChI is InChI=1S/C32H48O10Si2/c1-11(2)43(35,12(3)4)41-27-21-19(23(33)29-31(27)39-29)17-15(9)37-25(21)26-22-20(18(17)16(10)38-26)24(34)30-32(40-30)28(22)42-44(36,13(5)6)14(7)8/h11-18,25-32,35-36H,1-10H3/t15-,16-,17+,18+,25+,26+,27-,28-,29-,30-,31+,32+/m0/s1. The quantitative estimate of drug-likeness (QED) is 0.298. The molecular weight excluding hydrogens is 601 g/mol. The van der Waals surface area contributed by atoms with E-state index >= 15 is 0 Å². The maximum atomic E-state index is 14.1. The number of Topliss-reactive ketones (excluding diaryl/α,β-unsaturated/α-hetero) is 2. The van der Waals surface area contributed by atoms with Gasteiger partial charge < -0.3 is 37.4 Å². The van der Waals surface area contributed by atoms with E-state index in [0.29, 0.717) is 22.3 Å². The van der Waals surface area contributed by atoms with Crippen LogP contribution in [-0.2, 0) is 37.4 Å². The number of carbonyl (C=O) groups excluding carboxylic acids is 2. The molecule has 0 aromatic rings. The van der Waals surface area contributed by atoms with Crippen LogP contribution in [0.15, 0.2) is 22.3 Å². The predicted octanol–water partition coefficient (Wildman–Crippen LogP) is 3.38. The Morgan fingerprint density at radius 1 is 0.568 bits per heavy atom. The number of hydrogen-bond donors (Lipinski definition) is 2. The van der Waals surface area contributed by atoms with Crippen LogP contribution in [-0.4, -0.2) is 99.3 Å². The first-order chi connectivity index (χ1) is 20.5. The maximum absolute atomic E-state index is 14.1. The summed E-state index contributed by atoms with van der Waals surface area (Å²) in [6.07, 6.45) is -5.86. The molecule has 44 heavy (non-hydrogen) atoms. The molecule has 0 radical (unpaired) electrons. The Kier molecular flexibility index (Phi) is 7.32. The lowest BCUT2D eigenvalue weighted by molar-refractivity contribution is -0.177. The van der Waals surface area contributed by atoms with E-state index in [2.05, 4.69) is 0 Å². The van der Waals surface area contributed by atoms with Crippen LogP contribution >= 0.6 is 0 Å². The second-order valence-corrected chi connectivity index (χ2v) is 23.4. The van der Waals surface area contributed by atoms with Crippen molar-refractivity contribution >= 4 is 28.7 Å². The molecule has 0 aromatic heterocycles. The van der Waals surface area contributed by atoms with Crippen LogP contribution < -0.4 is 0 Å². The topological polar surface area (TPSA) is 137 Å². The molecule has 4 heterocycles. The first-order valence-corrected chi connectivity index (χ1v) is 20.5. The van der Waals surface area contributed by atoms with E-state index in [1.807, 2.05) is 69.2 Å². The molecule has 4 aliphatic heterocycles. The second-order valence-electron chi connectivity index (χ2n) is 15.3. The number of rotatable bonds is 8. The van der Waals surface area contributed by atoms with Gasteiger partial charge in [-0.3, -0.25) is 9.59 Å². The third kappa shape index (κ3) is 4.18. The lowest BCUT2D eigenvalue weighted by Gasteiger charge is -2.56. The van der Waals surface area contributed by atoms with Crippen LogP contribution in [0.5, 0.6) is 0 Å². The largest absolute Gasteiger partial charge is 0.410 e. The fourth-order valence-electron chi connectivity index (χ4n) is 8.93. The molecule has 10 nitrogen and oxygen atoms in total. The summed E-state index contributed by atoms with van der Waals surface area (Å²) in [5.74, 6) is -1.11. The fourth-order valence-corrected chi connectivity index (χ4v) is 14.0. The van der Waals surface area contributed by atoms with Crippen LogP contribution in [0.4, 0.5) is 0 Å². The Balaban J connectivity index is 1.40. The molecule has 2 fully saturated rings. The second kappa shape index (κ2) is 10.2. The van der Waals surface area contributed by atoms with Crippen molar-refractivity contribution in [3.63, 3.8) is 0 Å². The molecule has 2 N–H and O–H groups in total. The Labute approximate surface area is 261 Å². The average molecular weight is 649 g/mol. The highest BCUT2D eigenvalue weighted by Gasteiger charge is 2.70. The van der Waals surface area contributed by atoms with Gasteiger partial charge in [0, 0.05) is 23.0 Å². The first kappa shape index (κ1) is 31.5. The lowest BCUT2D eigenvalue weighted by atomic mass is 9.60. The summed E-state index contributed by atoms with van der Waals surface area (Å²) in [6.45, 7) is 19.7. The number of ketones is 2. The summed E-state index contributed by atoms with van der Waals surface area (Å²) in [7, 11) is -6.59. The van der Waals surface area contributed by atoms with Gasteiger partial charge in [-0.1, -0.05) is 55.4 Å². The number of hydrogen-bond acceptors (Lipinski definition) is 10. The minimum Gasteiger partial charge on any atom is -0.410 e. The smallest absolute Gasteiger partial charge is 0.341 e. The third-order valence-corrected chi connectivity index (χ3v) is 19.4. The monoisotopic (exact) mass is 648 g/mol. The SMILES string of the molecule is CC(C)[Si](O)(O[C@H]1C2=C(C(=O)[C@@H]3O[C@@H]31)[C@H]1[C@@H]3C4=C([C@@H](O[C@H]3C)[C@@H]2O[C@H]1C)[C@H](O[Si](O)(C(C)C)C(C)C)[C@H]1O[C@H]1C4=O)C(C)C. The Morgan fingerprint density at radius 3 is 1.18 bits per heavy atom. The van der Waals surface area contributed by atoms with Crippen LogP contribution in [0.2, 0.25) is 22.2 Å². The van der Waals surface area contributed by atoms with E-state index in [4.69, 9.17) is 27.8 Å². The number of carbonyl (C=O) groups is 2. The fraction of sp³-hybridized carbons (Fsp3) is 0.812. The normalized spacial score (nSPS) is 42.6. The lowest BCUT2D eigenvalue weighted by Crippen LogP contribution is -2.64. The minimum atomic E-state index is -3.29. The predicted molar refractivity (Wildman–Crippen MR) is 163 cm³/mol. The van der Waals surface area contributed by atoms with Crippen molar-refractivity contribution in [2.45, 2.75) is 152 Å². The molecule has 12 heteroatoms.